The fourth-order valence-corrected chi connectivity index (χ4v) is 6.00. The molecule has 1 aromatic heterocycles. The molecule has 0 saturated carbocycles. The number of aliphatic hydroxyl groups is 2. The van der Waals surface area contributed by atoms with E-state index in [9.17, 15) is 44.1 Å². The first-order chi connectivity index (χ1) is 19.4. The zero-order valence-electron chi connectivity index (χ0n) is 20.9. The zero-order valence-corrected chi connectivity index (χ0v) is 20.9. The Hall–Kier alpha value is -5.79. The first kappa shape index (κ1) is 25.5. The molecule has 4 aliphatic rings. The van der Waals surface area contributed by atoms with Crippen molar-refractivity contribution in [2.45, 2.75) is 18.3 Å². The summed E-state index contributed by atoms with van der Waals surface area (Å²) >= 11 is 0. The van der Waals surface area contributed by atoms with Crippen LogP contribution in [-0.4, -0.2) is 39.7 Å². The number of aromatic nitrogens is 1. The van der Waals surface area contributed by atoms with E-state index in [1.807, 2.05) is 5.43 Å². The third kappa shape index (κ3) is 3.15. The fraction of sp³-hybridized carbons (Fsp3) is 0.148. The van der Waals surface area contributed by atoms with Crippen molar-refractivity contribution < 1.29 is 24.9 Å². The van der Waals surface area contributed by atoms with E-state index in [1.54, 1.807) is 0 Å². The summed E-state index contributed by atoms with van der Waals surface area (Å²) < 4.78 is 4.87. The zero-order chi connectivity index (χ0) is 29.5. The van der Waals surface area contributed by atoms with Crippen LogP contribution in [0, 0.1) is 10.4 Å². The number of aromatic hydroxyl groups is 1. The Kier molecular flexibility index (Phi) is 5.19. The second-order valence-corrected chi connectivity index (χ2v) is 9.68. The molecule has 0 aliphatic heterocycles. The number of hydrogen-bond donors (Lipinski definition) is 6. The number of urea groups is 1. The number of methoxy groups -OCH3 is 1. The molecule has 6 rings (SSSR count). The van der Waals surface area contributed by atoms with Crippen molar-refractivity contribution in [3.8, 4) is 11.5 Å². The summed E-state index contributed by atoms with van der Waals surface area (Å²) in [6.45, 7) is 0. The quantitative estimate of drug-likeness (QED) is 0.114. The summed E-state index contributed by atoms with van der Waals surface area (Å²) in [7, 11) is 1.11. The van der Waals surface area contributed by atoms with E-state index in [4.69, 9.17) is 10.5 Å². The Labute approximate surface area is 224 Å². The number of amides is 2. The summed E-state index contributed by atoms with van der Waals surface area (Å²) in [6.07, 6.45) is 1.11. The summed E-state index contributed by atoms with van der Waals surface area (Å²) in [4.78, 5) is 78.9. The number of rotatable bonds is 3. The lowest BCUT2D eigenvalue weighted by Gasteiger charge is -2.27. The lowest BCUT2D eigenvalue weighted by Crippen LogP contribution is -2.51. The molecule has 1 aromatic carbocycles. The molecule has 1 spiro atoms. The molecule has 4 aliphatic carbocycles. The summed E-state index contributed by atoms with van der Waals surface area (Å²) in [5.41, 5.74) is 0.258. The molecule has 206 valence electrons. The average Bonchev–Trinajstić information content (AvgIpc) is 3.40. The molecule has 1 heterocycles. The number of phenols is 1. The van der Waals surface area contributed by atoms with Crippen LogP contribution in [0.15, 0.2) is 47.3 Å². The Balaban J connectivity index is 1.70. The predicted octanol–water partition coefficient (Wildman–Crippen LogP) is -2.48. The standard InChI is InChI=1S/C27H18N4O10/c1-41-12-6-11(32)14-15(19(12)33)21(35)17-16(20(14)34)23(37)27(24(17)38)3-2-8-4-9-5-10(7-29-31-26(28)40)30-25(39)13(9)22(36)18(8)27/h4-7,36-38H,2-3H2,1H3,(H,30,39)(H3,28,31,40). The van der Waals surface area contributed by atoms with Crippen molar-refractivity contribution in [1.29, 1.82) is 0 Å². The smallest absolute Gasteiger partial charge is 0.332 e. The van der Waals surface area contributed by atoms with Crippen LogP contribution in [0.2, 0.25) is 0 Å². The molecule has 14 heteroatoms. The van der Waals surface area contributed by atoms with E-state index in [2.05, 4.69) is 10.1 Å². The highest BCUT2D eigenvalue weighted by atomic mass is 16.5. The minimum atomic E-state index is -2.00. The number of nitrogens with zero attached hydrogens (tertiary/aromatic N) is 1. The Bertz CT molecular complexity index is 2400. The van der Waals surface area contributed by atoms with Gasteiger partial charge in [0.25, 0.3) is 5.56 Å². The second kappa shape index (κ2) is 8.35. The molecule has 7 N–H and O–H groups in total. The van der Waals surface area contributed by atoms with Crippen LogP contribution < -0.4 is 53.6 Å². The molecular formula is C27H18N4O10. The van der Waals surface area contributed by atoms with Crippen molar-refractivity contribution in [1.82, 2.24) is 10.4 Å². The number of aromatic amines is 1. The topological polar surface area (TPSA) is 239 Å². The van der Waals surface area contributed by atoms with Crippen molar-refractivity contribution in [3.05, 3.63) is 107 Å². The van der Waals surface area contributed by atoms with Gasteiger partial charge in [0.05, 0.1) is 45.3 Å². The number of carbonyl (C=O) groups excluding carboxylic acids is 1. The number of H-pyrrole nitrogens is 1. The molecule has 1 unspecified atom stereocenters. The van der Waals surface area contributed by atoms with Crippen molar-refractivity contribution in [3.63, 3.8) is 0 Å². The third-order valence-electron chi connectivity index (χ3n) is 7.65. The number of hydrazone groups is 1. The first-order valence-electron chi connectivity index (χ1n) is 12.0. The number of nitrogens with two attached hydrogens (primary N) is 1. The van der Waals surface area contributed by atoms with Gasteiger partial charge in [-0.3, -0.25) is 24.0 Å². The van der Waals surface area contributed by atoms with Crippen LogP contribution in [0.4, 0.5) is 4.79 Å². The highest BCUT2D eigenvalue weighted by Gasteiger charge is 2.53. The van der Waals surface area contributed by atoms with Crippen LogP contribution in [0.25, 0.3) is 22.3 Å². The summed E-state index contributed by atoms with van der Waals surface area (Å²) in [5.74, 6) is -2.68. The maximum absolute atomic E-state index is 13.5. The predicted molar refractivity (Wildman–Crippen MR) is 144 cm³/mol. The Morgan fingerprint density at radius 3 is 2.29 bits per heavy atom. The van der Waals surface area contributed by atoms with Gasteiger partial charge in [-0.1, -0.05) is 6.07 Å². The van der Waals surface area contributed by atoms with Crippen LogP contribution in [-0.2, 0) is 11.8 Å². The van der Waals surface area contributed by atoms with E-state index in [-0.39, 0.29) is 34.9 Å². The van der Waals surface area contributed by atoms with E-state index in [1.165, 1.54) is 12.1 Å². The number of benzene rings is 1. The number of phenolic OH excluding ortho intramolecular Hbond substituents is 1. The highest BCUT2D eigenvalue weighted by molar-refractivity contribution is 5.96. The van der Waals surface area contributed by atoms with E-state index < -0.39 is 82.6 Å². The number of ether oxygens (including phenoxy) is 1. The van der Waals surface area contributed by atoms with Crippen molar-refractivity contribution in [2.75, 3.05) is 7.11 Å². The minimum absolute atomic E-state index is 0.108. The largest absolute Gasteiger partial charge is 0.510 e. The van der Waals surface area contributed by atoms with E-state index >= 15 is 0 Å². The van der Waals surface area contributed by atoms with Crippen molar-refractivity contribution in [2.24, 2.45) is 10.8 Å². The van der Waals surface area contributed by atoms with Crippen LogP contribution in [0.1, 0.15) is 23.2 Å². The molecule has 14 nitrogen and oxygen atoms in total. The number of hydrogen-bond acceptors (Lipinski definition) is 11. The normalized spacial score (nSPS) is 17.6. The number of nitrogens with one attached hydrogen (secondary N) is 2. The Morgan fingerprint density at radius 1 is 1.00 bits per heavy atom. The summed E-state index contributed by atoms with van der Waals surface area (Å²) in [6, 6.07) is 2.81. The Morgan fingerprint density at radius 2 is 1.66 bits per heavy atom. The molecule has 2 amide bonds. The highest BCUT2D eigenvalue weighted by Crippen LogP contribution is 2.54. The molecule has 0 radical (unpaired) electrons. The average molecular weight is 558 g/mol. The molecule has 1 atom stereocenters. The van der Waals surface area contributed by atoms with Crippen molar-refractivity contribution >= 4 is 34.5 Å². The van der Waals surface area contributed by atoms with Gasteiger partial charge in [0.1, 0.15) is 22.7 Å². The third-order valence-corrected chi connectivity index (χ3v) is 7.65. The second-order valence-electron chi connectivity index (χ2n) is 9.68. The molecule has 41 heavy (non-hydrogen) atoms. The maximum atomic E-state index is 13.5. The minimum Gasteiger partial charge on any atom is -0.510 e. The number of aliphatic hydroxyl groups excluding tert-OH is 2. The number of primary amides is 1. The molecule has 2 aromatic rings. The monoisotopic (exact) mass is 558 g/mol. The van der Waals surface area contributed by atoms with E-state index in [0.29, 0.717) is 5.56 Å². The van der Waals surface area contributed by atoms with Crippen LogP contribution in [0.5, 0.6) is 11.5 Å². The number of pyridine rings is 1. The molecule has 0 fully saturated rings. The fourth-order valence-electron chi connectivity index (χ4n) is 6.00. The lowest BCUT2D eigenvalue weighted by atomic mass is 9.78. The maximum Gasteiger partial charge on any atom is 0.332 e. The van der Waals surface area contributed by atoms with Gasteiger partial charge in [-0.25, -0.2) is 10.2 Å². The first-order valence-corrected chi connectivity index (χ1v) is 12.0. The van der Waals surface area contributed by atoms with Gasteiger partial charge in [-0.2, -0.15) is 5.10 Å². The molecular weight excluding hydrogens is 540 g/mol. The van der Waals surface area contributed by atoms with Crippen LogP contribution in [0.3, 0.4) is 0 Å². The van der Waals surface area contributed by atoms with Gasteiger partial charge in [-0.05, 0) is 29.9 Å². The number of fused-ring (bicyclic) bond motifs is 4. The van der Waals surface area contributed by atoms with Crippen LogP contribution >= 0.6 is 0 Å². The number of carbonyl (C=O) groups is 1. The van der Waals surface area contributed by atoms with Gasteiger partial charge in [0, 0.05) is 11.6 Å². The van der Waals surface area contributed by atoms with Gasteiger partial charge >= 0.3 is 6.03 Å². The summed E-state index contributed by atoms with van der Waals surface area (Å²) in [5, 5.41) is 35.0. The van der Waals surface area contributed by atoms with E-state index in [0.717, 1.165) is 19.4 Å². The lowest BCUT2D eigenvalue weighted by molar-refractivity contribution is 0.249. The van der Waals surface area contributed by atoms with Gasteiger partial charge < -0.3 is 30.8 Å². The van der Waals surface area contributed by atoms with Gasteiger partial charge in [-0.15, -0.1) is 0 Å². The molecule has 0 bridgehead atoms. The van der Waals surface area contributed by atoms with Gasteiger partial charge in [0.15, 0.2) is 11.2 Å². The molecule has 0 saturated heterocycles. The van der Waals surface area contributed by atoms with Gasteiger partial charge in [0.2, 0.25) is 16.3 Å². The SMILES string of the molecule is COc1cc(=O)c2c(=O)c3c(c(=O)c=2c1=O)=C(O)C1(CCc2cc4cc(C=NNC(N)=O)[nH]c(=O)c4c(O)c21)C=3O. The number of aryl methyl sites for hydroxylation is 1.